The Morgan fingerprint density at radius 1 is 1.22 bits per heavy atom. The second-order valence-electron chi connectivity index (χ2n) is 4.17. The number of nitrogens with one attached hydrogen (secondary N) is 1. The lowest BCUT2D eigenvalue weighted by molar-refractivity contribution is -0.123. The highest BCUT2D eigenvalue weighted by Crippen LogP contribution is 2.00. The fourth-order valence-corrected chi connectivity index (χ4v) is 1.54. The molecular weight excluding hydrogens is 230 g/mol. The number of rotatable bonds is 7. The Kier molecular flexibility index (Phi) is 5.87. The number of primary amides is 1. The second-order valence-corrected chi connectivity index (χ2v) is 4.17. The Morgan fingerprint density at radius 2 is 1.89 bits per heavy atom. The van der Waals surface area contributed by atoms with E-state index in [1.807, 2.05) is 30.3 Å². The Hall–Kier alpha value is -1.88. The van der Waals surface area contributed by atoms with Crippen LogP contribution in [0.25, 0.3) is 0 Å². The molecule has 0 bridgehead atoms. The molecule has 0 aromatic heterocycles. The Balaban J connectivity index is 2.25. The van der Waals surface area contributed by atoms with Crippen molar-refractivity contribution >= 4 is 11.8 Å². The van der Waals surface area contributed by atoms with Crippen LogP contribution >= 0.6 is 0 Å². The highest BCUT2D eigenvalue weighted by Gasteiger charge is 2.12. The van der Waals surface area contributed by atoms with Gasteiger partial charge in [-0.3, -0.25) is 9.59 Å². The van der Waals surface area contributed by atoms with Gasteiger partial charge in [0, 0.05) is 13.0 Å². The molecule has 1 rings (SSSR count). The second kappa shape index (κ2) is 7.45. The van der Waals surface area contributed by atoms with Gasteiger partial charge in [0.25, 0.3) is 0 Å². The SMILES string of the molecule is NC(=O)CCC[C@H](N)C(=O)NCc1ccccc1. The van der Waals surface area contributed by atoms with Crippen LogP contribution in [0.5, 0.6) is 0 Å². The quantitative estimate of drug-likeness (QED) is 0.647. The molecule has 0 aliphatic heterocycles. The van der Waals surface area contributed by atoms with E-state index in [9.17, 15) is 9.59 Å². The van der Waals surface area contributed by atoms with Crippen molar-refractivity contribution in [2.24, 2.45) is 11.5 Å². The molecule has 5 N–H and O–H groups in total. The van der Waals surface area contributed by atoms with Crippen LogP contribution in [0.2, 0.25) is 0 Å². The smallest absolute Gasteiger partial charge is 0.237 e. The zero-order valence-corrected chi connectivity index (χ0v) is 10.3. The summed E-state index contributed by atoms with van der Waals surface area (Å²) in [5.74, 6) is -0.574. The fraction of sp³-hybridized carbons (Fsp3) is 0.385. The van der Waals surface area contributed by atoms with Gasteiger partial charge in [-0.25, -0.2) is 0 Å². The molecule has 2 amide bonds. The largest absolute Gasteiger partial charge is 0.370 e. The molecule has 5 heteroatoms. The van der Waals surface area contributed by atoms with E-state index in [0.29, 0.717) is 19.4 Å². The first kappa shape index (κ1) is 14.2. The molecule has 0 aliphatic rings. The van der Waals surface area contributed by atoms with Crippen molar-refractivity contribution in [3.63, 3.8) is 0 Å². The van der Waals surface area contributed by atoms with Gasteiger partial charge < -0.3 is 16.8 Å². The predicted molar refractivity (Wildman–Crippen MR) is 69.3 cm³/mol. The minimum atomic E-state index is -0.590. The number of amides is 2. The minimum absolute atomic E-state index is 0.205. The average molecular weight is 249 g/mol. The molecule has 0 saturated carbocycles. The molecule has 0 spiro atoms. The molecule has 0 heterocycles. The van der Waals surface area contributed by atoms with Gasteiger partial charge in [0.15, 0.2) is 0 Å². The third-order valence-electron chi connectivity index (χ3n) is 2.58. The van der Waals surface area contributed by atoms with Gasteiger partial charge in [0.1, 0.15) is 0 Å². The van der Waals surface area contributed by atoms with Crippen molar-refractivity contribution in [3.8, 4) is 0 Å². The van der Waals surface area contributed by atoms with Crippen molar-refractivity contribution in [1.82, 2.24) is 5.32 Å². The number of carbonyl (C=O) groups is 2. The number of hydrogen-bond donors (Lipinski definition) is 3. The summed E-state index contributed by atoms with van der Waals surface area (Å²) >= 11 is 0. The number of nitrogens with two attached hydrogens (primary N) is 2. The summed E-state index contributed by atoms with van der Waals surface area (Å²) in [6, 6.07) is 9.01. The normalized spacial score (nSPS) is 11.8. The molecule has 0 aliphatic carbocycles. The zero-order chi connectivity index (χ0) is 13.4. The summed E-state index contributed by atoms with van der Waals surface area (Å²) in [6.07, 6.45) is 1.26. The summed E-state index contributed by atoms with van der Waals surface area (Å²) in [6.45, 7) is 0.462. The van der Waals surface area contributed by atoms with E-state index < -0.39 is 6.04 Å². The van der Waals surface area contributed by atoms with Gasteiger partial charge in [-0.15, -0.1) is 0 Å². The molecular formula is C13H19N3O2. The van der Waals surface area contributed by atoms with Gasteiger partial charge in [-0.05, 0) is 18.4 Å². The van der Waals surface area contributed by atoms with Gasteiger partial charge >= 0.3 is 0 Å². The molecule has 0 fully saturated rings. The van der Waals surface area contributed by atoms with Crippen molar-refractivity contribution in [2.75, 3.05) is 0 Å². The summed E-state index contributed by atoms with van der Waals surface area (Å²) in [5.41, 5.74) is 11.7. The van der Waals surface area contributed by atoms with Gasteiger partial charge in [0.2, 0.25) is 11.8 Å². The van der Waals surface area contributed by atoms with Gasteiger partial charge in [-0.1, -0.05) is 30.3 Å². The summed E-state index contributed by atoms with van der Waals surface area (Å²) in [7, 11) is 0. The highest BCUT2D eigenvalue weighted by molar-refractivity contribution is 5.81. The molecule has 18 heavy (non-hydrogen) atoms. The Bertz CT molecular complexity index is 392. The third-order valence-corrected chi connectivity index (χ3v) is 2.58. The lowest BCUT2D eigenvalue weighted by atomic mass is 10.1. The molecule has 5 nitrogen and oxygen atoms in total. The van der Waals surface area contributed by atoms with Crippen LogP contribution in [0, 0.1) is 0 Å². The fourth-order valence-electron chi connectivity index (χ4n) is 1.54. The standard InChI is InChI=1S/C13H19N3O2/c14-11(7-4-8-12(15)17)13(18)16-9-10-5-2-1-3-6-10/h1-3,5-6,11H,4,7-9,14H2,(H2,15,17)(H,16,18)/t11-/m0/s1. The molecule has 1 aromatic carbocycles. The van der Waals surface area contributed by atoms with E-state index in [1.165, 1.54) is 0 Å². The van der Waals surface area contributed by atoms with Crippen molar-refractivity contribution in [1.29, 1.82) is 0 Å². The topological polar surface area (TPSA) is 98.2 Å². The molecule has 0 unspecified atom stereocenters. The molecule has 0 radical (unpaired) electrons. The molecule has 1 atom stereocenters. The predicted octanol–water partition coefficient (Wildman–Crippen LogP) is 0.286. The third kappa shape index (κ3) is 5.45. The minimum Gasteiger partial charge on any atom is -0.370 e. The van der Waals surface area contributed by atoms with Gasteiger partial charge in [0.05, 0.1) is 6.04 Å². The van der Waals surface area contributed by atoms with E-state index in [4.69, 9.17) is 11.5 Å². The van der Waals surface area contributed by atoms with Crippen molar-refractivity contribution in [3.05, 3.63) is 35.9 Å². The molecule has 0 saturated heterocycles. The summed E-state index contributed by atoms with van der Waals surface area (Å²) in [5, 5.41) is 2.76. The van der Waals surface area contributed by atoms with E-state index in [0.717, 1.165) is 5.56 Å². The van der Waals surface area contributed by atoms with Crippen LogP contribution in [-0.2, 0) is 16.1 Å². The monoisotopic (exact) mass is 249 g/mol. The lowest BCUT2D eigenvalue weighted by Gasteiger charge is -2.11. The van der Waals surface area contributed by atoms with E-state index in [2.05, 4.69) is 5.32 Å². The first-order valence-corrected chi connectivity index (χ1v) is 5.95. The van der Waals surface area contributed by atoms with E-state index in [1.54, 1.807) is 0 Å². The maximum Gasteiger partial charge on any atom is 0.237 e. The number of hydrogen-bond acceptors (Lipinski definition) is 3. The zero-order valence-electron chi connectivity index (χ0n) is 10.3. The lowest BCUT2D eigenvalue weighted by Crippen LogP contribution is -2.40. The number of benzene rings is 1. The summed E-state index contributed by atoms with van der Waals surface area (Å²) in [4.78, 5) is 22.2. The first-order valence-electron chi connectivity index (χ1n) is 5.95. The van der Waals surface area contributed by atoms with E-state index in [-0.39, 0.29) is 18.2 Å². The van der Waals surface area contributed by atoms with Gasteiger partial charge in [-0.2, -0.15) is 0 Å². The van der Waals surface area contributed by atoms with Crippen LogP contribution in [0.4, 0.5) is 0 Å². The maximum atomic E-state index is 11.6. The number of carbonyl (C=O) groups excluding carboxylic acids is 2. The van der Waals surface area contributed by atoms with E-state index >= 15 is 0 Å². The average Bonchev–Trinajstić information content (AvgIpc) is 2.36. The summed E-state index contributed by atoms with van der Waals surface area (Å²) < 4.78 is 0. The Labute approximate surface area is 107 Å². The maximum absolute atomic E-state index is 11.6. The first-order chi connectivity index (χ1) is 8.59. The van der Waals surface area contributed by atoms with Crippen LogP contribution in [0.1, 0.15) is 24.8 Å². The molecule has 98 valence electrons. The van der Waals surface area contributed by atoms with Crippen LogP contribution in [0.3, 0.4) is 0 Å². The van der Waals surface area contributed by atoms with Crippen molar-refractivity contribution in [2.45, 2.75) is 31.8 Å². The van der Waals surface area contributed by atoms with Crippen LogP contribution < -0.4 is 16.8 Å². The van der Waals surface area contributed by atoms with Crippen LogP contribution in [0.15, 0.2) is 30.3 Å². The molecule has 1 aromatic rings. The Morgan fingerprint density at radius 3 is 2.50 bits per heavy atom. The highest BCUT2D eigenvalue weighted by atomic mass is 16.2. The van der Waals surface area contributed by atoms with Crippen molar-refractivity contribution < 1.29 is 9.59 Å². The van der Waals surface area contributed by atoms with Crippen LogP contribution in [-0.4, -0.2) is 17.9 Å².